The van der Waals surface area contributed by atoms with Crippen molar-refractivity contribution < 1.29 is 0 Å². The molecule has 0 aromatic carbocycles. The Labute approximate surface area is 107 Å². The van der Waals surface area contributed by atoms with Crippen LogP contribution in [-0.4, -0.2) is 107 Å². The van der Waals surface area contributed by atoms with Gasteiger partial charge in [-0.1, -0.05) is 0 Å². The Morgan fingerprint density at radius 1 is 0.867 bits per heavy atom. The topological polar surface area (TPSA) is 13.0 Å². The van der Waals surface area contributed by atoms with Gasteiger partial charge in [-0.15, -0.1) is 0 Å². The van der Waals surface area contributed by atoms with E-state index < -0.39 is 0 Å². The number of hydrogen-bond donors (Lipinski definition) is 0. The summed E-state index contributed by atoms with van der Waals surface area (Å²) in [6, 6.07) is 0. The molecule has 0 aromatic heterocycles. The predicted octanol–water partition coefficient (Wildman–Crippen LogP) is -2.05. The molecule has 4 nitrogen and oxygen atoms in total. The number of rotatable bonds is 2. The van der Waals surface area contributed by atoms with E-state index in [1.165, 1.54) is 9.33 Å². The minimum atomic E-state index is 0.985. The van der Waals surface area contributed by atoms with Crippen LogP contribution >= 0.6 is 0 Å². The van der Waals surface area contributed by atoms with Gasteiger partial charge in [-0.25, -0.2) is 0 Å². The van der Waals surface area contributed by atoms with E-state index in [4.69, 9.17) is 0 Å². The molecule has 15 heavy (non-hydrogen) atoms. The van der Waals surface area contributed by atoms with E-state index in [1.54, 1.807) is 0 Å². The molecular weight excluding hydrogens is 322 g/mol. The Morgan fingerprint density at radius 3 is 1.53 bits per heavy atom. The van der Waals surface area contributed by atoms with E-state index in [1.807, 2.05) is 0 Å². The molecule has 0 aromatic rings. The van der Waals surface area contributed by atoms with E-state index in [9.17, 15) is 0 Å². The molecule has 0 N–H and O–H groups in total. The Morgan fingerprint density at radius 2 is 1.27 bits per heavy atom. The first-order valence-electron chi connectivity index (χ1n) is 5.09. The molecule has 0 radical (unpaired) electrons. The summed E-state index contributed by atoms with van der Waals surface area (Å²) in [5, 5.41) is 0. The van der Waals surface area contributed by atoms with Crippen LogP contribution in [-0.2, 0) is 0 Å². The van der Waals surface area contributed by atoms with Crippen LogP contribution in [0.5, 0.6) is 0 Å². The third-order valence-electron chi connectivity index (χ3n) is 2.95. The van der Waals surface area contributed by atoms with E-state index in [0.29, 0.717) is 0 Å². The summed E-state index contributed by atoms with van der Waals surface area (Å²) in [5.74, 6) is 0. The van der Waals surface area contributed by atoms with Crippen LogP contribution in [0.25, 0.3) is 0 Å². The quantitative estimate of drug-likeness (QED) is 0.538. The molecule has 0 amide bonds. The zero-order valence-electron chi connectivity index (χ0n) is 9.14. The van der Waals surface area contributed by atoms with Crippen molar-refractivity contribution in [2.45, 2.75) is 0 Å². The SMILES string of the molecule is CN1CCN(CN2CCN(C)C2=[Se])C1=[Se]. The van der Waals surface area contributed by atoms with E-state index in [-0.39, 0.29) is 0 Å². The molecule has 2 fully saturated rings. The Kier molecular flexibility index (Phi) is 3.41. The molecule has 2 heterocycles. The molecule has 0 spiro atoms. The molecule has 0 unspecified atom stereocenters. The first-order chi connectivity index (χ1) is 7.09. The van der Waals surface area contributed by atoms with Gasteiger partial charge in [0.05, 0.1) is 0 Å². The van der Waals surface area contributed by atoms with E-state index >= 15 is 0 Å². The molecule has 2 rings (SSSR count). The second-order valence-electron chi connectivity index (χ2n) is 4.08. The van der Waals surface area contributed by atoms with Crippen molar-refractivity contribution in [2.24, 2.45) is 0 Å². The normalized spacial score (nSPS) is 22.3. The van der Waals surface area contributed by atoms with Gasteiger partial charge in [-0.3, -0.25) is 0 Å². The van der Waals surface area contributed by atoms with E-state index in [2.05, 4.69) is 64.8 Å². The maximum atomic E-state index is 3.15. The van der Waals surface area contributed by atoms with Crippen molar-refractivity contribution in [3.05, 3.63) is 0 Å². The Bertz CT molecular complexity index is 266. The average molecular weight is 338 g/mol. The van der Waals surface area contributed by atoms with Crippen LogP contribution in [0.2, 0.25) is 0 Å². The molecule has 2 aliphatic heterocycles. The third-order valence-corrected chi connectivity index (χ3v) is 5.34. The second-order valence-corrected chi connectivity index (χ2v) is 5.61. The van der Waals surface area contributed by atoms with Crippen LogP contribution in [0.3, 0.4) is 0 Å². The number of nitrogens with zero attached hydrogens (tertiary/aromatic N) is 4. The minimum absolute atomic E-state index is 0.985. The van der Waals surface area contributed by atoms with Crippen molar-refractivity contribution in [3.8, 4) is 0 Å². The first-order valence-corrected chi connectivity index (χ1v) is 6.81. The van der Waals surface area contributed by atoms with Crippen LogP contribution in [0, 0.1) is 0 Å². The van der Waals surface area contributed by atoms with Gasteiger partial charge in [-0.05, 0) is 0 Å². The van der Waals surface area contributed by atoms with Gasteiger partial charge in [0, 0.05) is 0 Å². The molecule has 0 saturated carbocycles. The summed E-state index contributed by atoms with van der Waals surface area (Å²) in [6.45, 7) is 5.46. The Hall–Kier alpha value is -0.0210. The van der Waals surface area contributed by atoms with Crippen molar-refractivity contribution in [1.29, 1.82) is 0 Å². The average Bonchev–Trinajstić information content (AvgIpc) is 2.68. The summed E-state index contributed by atoms with van der Waals surface area (Å²) < 4.78 is 2.52. The predicted molar refractivity (Wildman–Crippen MR) is 65.1 cm³/mol. The summed E-state index contributed by atoms with van der Waals surface area (Å²) >= 11 is 6.30. The van der Waals surface area contributed by atoms with Crippen molar-refractivity contribution in [3.63, 3.8) is 0 Å². The summed E-state index contributed by atoms with van der Waals surface area (Å²) in [6.07, 6.45) is 0. The summed E-state index contributed by atoms with van der Waals surface area (Å²) in [7, 11) is 4.26. The molecule has 0 atom stereocenters. The van der Waals surface area contributed by atoms with Gasteiger partial charge in [0.2, 0.25) is 0 Å². The second kappa shape index (κ2) is 4.46. The molecule has 0 aliphatic carbocycles. The van der Waals surface area contributed by atoms with Gasteiger partial charge < -0.3 is 0 Å². The zero-order chi connectivity index (χ0) is 11.0. The van der Waals surface area contributed by atoms with Gasteiger partial charge >= 0.3 is 107 Å². The molecule has 6 heteroatoms. The molecule has 84 valence electrons. The molecule has 2 saturated heterocycles. The van der Waals surface area contributed by atoms with Crippen LogP contribution < -0.4 is 0 Å². The Balaban J connectivity index is 1.93. The summed E-state index contributed by atoms with van der Waals surface area (Å²) in [5.41, 5.74) is 0. The van der Waals surface area contributed by atoms with Crippen molar-refractivity contribution >= 4 is 40.5 Å². The molecule has 2 aliphatic rings. The van der Waals surface area contributed by atoms with Crippen LogP contribution in [0.15, 0.2) is 0 Å². The zero-order valence-corrected chi connectivity index (χ0v) is 12.6. The third kappa shape index (κ3) is 2.23. The number of likely N-dealkylation sites (N-methyl/N-ethyl adjacent to an activating group) is 2. The standard InChI is InChI=1S/C9H16N4Se2/c1-10-3-5-12(8(10)14)7-13-6-4-11(2)9(13)15/h3-7H2,1-2H3. The number of hydrogen-bond acceptors (Lipinski definition) is 4. The van der Waals surface area contributed by atoms with Gasteiger partial charge in [-0.2, -0.15) is 0 Å². The fourth-order valence-corrected chi connectivity index (χ4v) is 2.88. The van der Waals surface area contributed by atoms with Gasteiger partial charge in [0.15, 0.2) is 0 Å². The fourth-order valence-electron chi connectivity index (χ4n) is 1.88. The van der Waals surface area contributed by atoms with Crippen LogP contribution in [0.1, 0.15) is 0 Å². The fraction of sp³-hybridized carbons (Fsp3) is 0.778. The molecular formula is C9H16N4Se2. The van der Waals surface area contributed by atoms with Gasteiger partial charge in [0.25, 0.3) is 0 Å². The molecule has 0 bridgehead atoms. The van der Waals surface area contributed by atoms with Crippen molar-refractivity contribution in [1.82, 2.24) is 19.6 Å². The summed E-state index contributed by atoms with van der Waals surface area (Å²) in [4.78, 5) is 9.30. The van der Waals surface area contributed by atoms with Crippen molar-refractivity contribution in [2.75, 3.05) is 46.9 Å². The maximum absolute atomic E-state index is 3.15. The van der Waals surface area contributed by atoms with Gasteiger partial charge in [0.1, 0.15) is 0 Å². The van der Waals surface area contributed by atoms with Crippen LogP contribution in [0.4, 0.5) is 0 Å². The monoisotopic (exact) mass is 340 g/mol. The first kappa shape index (κ1) is 11.5. The van der Waals surface area contributed by atoms with E-state index in [0.717, 1.165) is 32.8 Å².